The van der Waals surface area contributed by atoms with E-state index < -0.39 is 0 Å². The Labute approximate surface area is 131 Å². The Morgan fingerprint density at radius 3 is 2.55 bits per heavy atom. The van der Waals surface area contributed by atoms with Gasteiger partial charge in [-0.05, 0) is 32.9 Å². The number of aryl methyl sites for hydroxylation is 2. The molecule has 0 fully saturated rings. The number of hydrogen-bond donors (Lipinski definition) is 2. The van der Waals surface area contributed by atoms with E-state index in [4.69, 9.17) is 10.5 Å². The van der Waals surface area contributed by atoms with Crippen LogP contribution >= 0.6 is 0 Å². The highest BCUT2D eigenvalue weighted by molar-refractivity contribution is 5.92. The molecule has 0 aliphatic heterocycles. The summed E-state index contributed by atoms with van der Waals surface area (Å²) in [6.07, 6.45) is 1.79. The van der Waals surface area contributed by atoms with Crippen LogP contribution < -0.4 is 15.8 Å². The van der Waals surface area contributed by atoms with E-state index in [1.807, 2.05) is 45.0 Å². The number of pyridine rings is 1. The van der Waals surface area contributed by atoms with Crippen LogP contribution in [0.15, 0.2) is 35.5 Å². The molecule has 0 spiro atoms. The Balaban J connectivity index is 2.09. The first kappa shape index (κ1) is 15.8. The van der Waals surface area contributed by atoms with E-state index in [1.165, 1.54) is 5.56 Å². The number of aromatic nitrogens is 1. The second-order valence-corrected chi connectivity index (χ2v) is 5.24. The van der Waals surface area contributed by atoms with Gasteiger partial charge in [-0.1, -0.05) is 17.7 Å². The van der Waals surface area contributed by atoms with Crippen LogP contribution in [0.3, 0.4) is 0 Å². The summed E-state index contributed by atoms with van der Waals surface area (Å²) in [7, 11) is 1.66. The van der Waals surface area contributed by atoms with E-state index >= 15 is 0 Å². The van der Waals surface area contributed by atoms with Crippen molar-refractivity contribution in [2.75, 3.05) is 12.4 Å². The lowest BCUT2D eigenvalue weighted by Gasteiger charge is -2.11. The maximum Gasteiger partial charge on any atom is 0.193 e. The van der Waals surface area contributed by atoms with E-state index in [1.54, 1.807) is 13.3 Å². The molecule has 1 aromatic heterocycles. The summed E-state index contributed by atoms with van der Waals surface area (Å²) in [6.45, 7) is 6.40. The summed E-state index contributed by atoms with van der Waals surface area (Å²) >= 11 is 0. The standard InChI is InChI=1S/C17H22N4O/c1-11-5-7-14(8-6-11)21-17(18)20-10-15-13(3)16(22-4)12(2)9-19-15/h5-9H,10H2,1-4H3,(H3,18,20,21). The van der Waals surface area contributed by atoms with Gasteiger partial charge >= 0.3 is 0 Å². The lowest BCUT2D eigenvalue weighted by atomic mass is 10.1. The van der Waals surface area contributed by atoms with Crippen LogP contribution in [0.4, 0.5) is 5.69 Å². The zero-order chi connectivity index (χ0) is 16.1. The molecule has 0 saturated carbocycles. The molecule has 22 heavy (non-hydrogen) atoms. The fourth-order valence-electron chi connectivity index (χ4n) is 2.21. The highest BCUT2D eigenvalue weighted by Gasteiger charge is 2.08. The molecule has 0 unspecified atom stereocenters. The molecule has 0 saturated heterocycles. The SMILES string of the molecule is COc1c(C)cnc(CN=C(N)Nc2ccc(C)cc2)c1C. The third kappa shape index (κ3) is 3.75. The second kappa shape index (κ2) is 6.93. The van der Waals surface area contributed by atoms with Crippen LogP contribution in [0, 0.1) is 20.8 Å². The van der Waals surface area contributed by atoms with Crippen LogP contribution in [0.25, 0.3) is 0 Å². The summed E-state index contributed by atoms with van der Waals surface area (Å²) in [4.78, 5) is 8.75. The van der Waals surface area contributed by atoms with Gasteiger partial charge in [0, 0.05) is 23.0 Å². The number of guanidine groups is 1. The highest BCUT2D eigenvalue weighted by atomic mass is 16.5. The number of aliphatic imine (C=N–C) groups is 1. The molecule has 1 heterocycles. The number of anilines is 1. The number of nitrogens with one attached hydrogen (secondary N) is 1. The quantitative estimate of drug-likeness (QED) is 0.672. The molecule has 5 nitrogen and oxygen atoms in total. The maximum atomic E-state index is 5.92. The Bertz CT molecular complexity index is 678. The predicted octanol–water partition coefficient (Wildman–Crippen LogP) is 2.94. The molecule has 0 aliphatic carbocycles. The normalized spacial score (nSPS) is 11.4. The lowest BCUT2D eigenvalue weighted by Crippen LogP contribution is -2.22. The number of hydrogen-bond acceptors (Lipinski definition) is 3. The van der Waals surface area contributed by atoms with Gasteiger partial charge in [0.1, 0.15) is 5.75 Å². The van der Waals surface area contributed by atoms with Gasteiger partial charge in [-0.25, -0.2) is 4.99 Å². The van der Waals surface area contributed by atoms with E-state index in [-0.39, 0.29) is 0 Å². The minimum atomic E-state index is 0.365. The predicted molar refractivity (Wildman–Crippen MR) is 90.4 cm³/mol. The summed E-state index contributed by atoms with van der Waals surface area (Å²) < 4.78 is 5.39. The van der Waals surface area contributed by atoms with E-state index in [0.29, 0.717) is 12.5 Å². The van der Waals surface area contributed by atoms with E-state index in [9.17, 15) is 0 Å². The Morgan fingerprint density at radius 1 is 1.23 bits per heavy atom. The van der Waals surface area contributed by atoms with Gasteiger partial charge in [0.05, 0.1) is 19.3 Å². The summed E-state index contributed by atoms with van der Waals surface area (Å²) in [5, 5.41) is 3.07. The van der Waals surface area contributed by atoms with Crippen molar-refractivity contribution in [2.45, 2.75) is 27.3 Å². The van der Waals surface area contributed by atoms with Crippen LogP contribution in [0.5, 0.6) is 5.75 Å². The third-order valence-corrected chi connectivity index (χ3v) is 3.47. The molecule has 0 radical (unpaired) electrons. The maximum absolute atomic E-state index is 5.92. The molecule has 5 heteroatoms. The Morgan fingerprint density at radius 2 is 1.91 bits per heavy atom. The van der Waals surface area contributed by atoms with Gasteiger partial charge in [0.15, 0.2) is 5.96 Å². The van der Waals surface area contributed by atoms with Gasteiger partial charge in [0.2, 0.25) is 0 Å². The minimum absolute atomic E-state index is 0.365. The second-order valence-electron chi connectivity index (χ2n) is 5.24. The zero-order valence-corrected chi connectivity index (χ0v) is 13.5. The average Bonchev–Trinajstić information content (AvgIpc) is 2.49. The summed E-state index contributed by atoms with van der Waals surface area (Å²) in [5.74, 6) is 1.22. The zero-order valence-electron chi connectivity index (χ0n) is 13.5. The van der Waals surface area contributed by atoms with Crippen molar-refractivity contribution in [3.05, 3.63) is 52.8 Å². The number of nitrogens with two attached hydrogens (primary N) is 1. The Kier molecular flexibility index (Phi) is 4.99. The van der Waals surface area contributed by atoms with Crippen LogP contribution in [-0.4, -0.2) is 18.1 Å². The summed E-state index contributed by atoms with van der Waals surface area (Å²) in [6, 6.07) is 7.98. The smallest absolute Gasteiger partial charge is 0.193 e. The average molecular weight is 298 g/mol. The fourth-order valence-corrected chi connectivity index (χ4v) is 2.21. The first-order valence-electron chi connectivity index (χ1n) is 7.14. The molecule has 0 bridgehead atoms. The van der Waals surface area contributed by atoms with Crippen molar-refractivity contribution in [2.24, 2.45) is 10.7 Å². The van der Waals surface area contributed by atoms with E-state index in [0.717, 1.165) is 28.3 Å². The van der Waals surface area contributed by atoms with Crippen molar-refractivity contribution in [3.63, 3.8) is 0 Å². The minimum Gasteiger partial charge on any atom is -0.496 e. The van der Waals surface area contributed by atoms with Crippen molar-refractivity contribution in [1.82, 2.24) is 4.98 Å². The number of nitrogens with zero attached hydrogens (tertiary/aromatic N) is 2. The van der Waals surface area contributed by atoms with Gasteiger partial charge in [-0.15, -0.1) is 0 Å². The molecule has 0 atom stereocenters. The molecule has 0 amide bonds. The van der Waals surface area contributed by atoms with Crippen molar-refractivity contribution in [1.29, 1.82) is 0 Å². The van der Waals surface area contributed by atoms with Crippen LogP contribution in [-0.2, 0) is 6.54 Å². The topological polar surface area (TPSA) is 72.5 Å². The van der Waals surface area contributed by atoms with Gasteiger partial charge in [0.25, 0.3) is 0 Å². The monoisotopic (exact) mass is 298 g/mol. The largest absolute Gasteiger partial charge is 0.496 e. The summed E-state index contributed by atoms with van der Waals surface area (Å²) in [5.41, 5.74) is 10.9. The molecule has 2 rings (SSSR count). The lowest BCUT2D eigenvalue weighted by molar-refractivity contribution is 0.407. The molecule has 0 aliphatic rings. The number of benzene rings is 1. The van der Waals surface area contributed by atoms with Crippen molar-refractivity contribution < 1.29 is 4.74 Å². The van der Waals surface area contributed by atoms with Crippen LogP contribution in [0.2, 0.25) is 0 Å². The fraction of sp³-hybridized carbons (Fsp3) is 0.294. The van der Waals surface area contributed by atoms with Gasteiger partial charge < -0.3 is 15.8 Å². The third-order valence-electron chi connectivity index (χ3n) is 3.47. The number of ether oxygens (including phenoxy) is 1. The molecule has 1 aromatic carbocycles. The molecular formula is C17H22N4O. The van der Waals surface area contributed by atoms with Crippen LogP contribution in [0.1, 0.15) is 22.4 Å². The molecular weight excluding hydrogens is 276 g/mol. The first-order valence-corrected chi connectivity index (χ1v) is 7.14. The first-order chi connectivity index (χ1) is 10.5. The van der Waals surface area contributed by atoms with Crippen molar-refractivity contribution in [3.8, 4) is 5.75 Å². The molecule has 2 aromatic rings. The van der Waals surface area contributed by atoms with Crippen molar-refractivity contribution >= 4 is 11.6 Å². The van der Waals surface area contributed by atoms with Gasteiger partial charge in [-0.2, -0.15) is 0 Å². The van der Waals surface area contributed by atoms with Gasteiger partial charge in [-0.3, -0.25) is 4.98 Å². The number of rotatable bonds is 4. The molecule has 116 valence electrons. The van der Waals surface area contributed by atoms with E-state index in [2.05, 4.69) is 15.3 Å². The molecule has 3 N–H and O–H groups in total. The Hall–Kier alpha value is -2.56. The highest BCUT2D eigenvalue weighted by Crippen LogP contribution is 2.24. The number of methoxy groups -OCH3 is 1.